The summed E-state index contributed by atoms with van der Waals surface area (Å²) in [5, 5.41) is 7.71. The summed E-state index contributed by atoms with van der Waals surface area (Å²) in [5.74, 6) is 2.44. The molecule has 0 saturated carbocycles. The Morgan fingerprint density at radius 2 is 2.33 bits per heavy atom. The normalized spacial score (nSPS) is 31.1. The molecule has 1 N–H and O–H groups in total. The van der Waals surface area contributed by atoms with Crippen molar-refractivity contribution in [3.8, 4) is 0 Å². The number of aromatic nitrogens is 2. The van der Waals surface area contributed by atoms with Crippen molar-refractivity contribution < 1.29 is 4.52 Å². The van der Waals surface area contributed by atoms with Gasteiger partial charge in [0.05, 0.1) is 0 Å². The first-order chi connectivity index (χ1) is 10.1. The van der Waals surface area contributed by atoms with E-state index in [2.05, 4.69) is 41.1 Å². The molecule has 3 rings (SSSR count). The van der Waals surface area contributed by atoms with Gasteiger partial charge in [-0.15, -0.1) is 0 Å². The predicted octanol–water partition coefficient (Wildman–Crippen LogP) is 2.37. The summed E-state index contributed by atoms with van der Waals surface area (Å²) in [6.07, 6.45) is 3.70. The molecule has 0 radical (unpaired) electrons. The van der Waals surface area contributed by atoms with E-state index in [4.69, 9.17) is 4.52 Å². The standard InChI is InChI=1S/C16H28N4O/c1-12(2)15-18-14(19-21-15)13-5-4-8-20(9-13)11-16(3)6-7-17-10-16/h12-13,17H,4-11H2,1-3H3. The minimum absolute atomic E-state index is 0.314. The van der Waals surface area contributed by atoms with Crippen molar-refractivity contribution in [2.24, 2.45) is 5.41 Å². The minimum Gasteiger partial charge on any atom is -0.339 e. The summed E-state index contributed by atoms with van der Waals surface area (Å²) < 4.78 is 5.38. The molecule has 5 heteroatoms. The molecule has 2 saturated heterocycles. The number of rotatable bonds is 4. The lowest BCUT2D eigenvalue weighted by Gasteiger charge is -2.36. The molecule has 2 aliphatic heterocycles. The Morgan fingerprint density at radius 3 is 3.00 bits per heavy atom. The Labute approximate surface area is 127 Å². The van der Waals surface area contributed by atoms with Crippen LogP contribution in [0.3, 0.4) is 0 Å². The van der Waals surface area contributed by atoms with Crippen molar-refractivity contribution in [1.82, 2.24) is 20.4 Å². The maximum absolute atomic E-state index is 5.38. The topological polar surface area (TPSA) is 54.2 Å². The zero-order chi connectivity index (χ0) is 14.9. The molecule has 0 aromatic carbocycles. The van der Waals surface area contributed by atoms with Crippen LogP contribution in [0.5, 0.6) is 0 Å². The SMILES string of the molecule is CC(C)c1nc(C2CCCN(CC3(C)CCNC3)C2)no1. The molecular formula is C16H28N4O. The van der Waals surface area contributed by atoms with Gasteiger partial charge in [0.15, 0.2) is 5.82 Å². The molecule has 0 aliphatic carbocycles. The van der Waals surface area contributed by atoms with Crippen LogP contribution in [-0.2, 0) is 0 Å². The molecule has 0 spiro atoms. The van der Waals surface area contributed by atoms with Gasteiger partial charge in [0.1, 0.15) is 0 Å². The van der Waals surface area contributed by atoms with E-state index in [9.17, 15) is 0 Å². The van der Waals surface area contributed by atoms with Crippen LogP contribution in [0.1, 0.15) is 63.6 Å². The Kier molecular flexibility index (Phi) is 4.31. The average molecular weight is 292 g/mol. The predicted molar refractivity (Wildman–Crippen MR) is 82.4 cm³/mol. The van der Waals surface area contributed by atoms with Gasteiger partial charge in [0.25, 0.3) is 0 Å². The lowest BCUT2D eigenvalue weighted by atomic mass is 9.87. The molecule has 3 heterocycles. The summed E-state index contributed by atoms with van der Waals surface area (Å²) in [4.78, 5) is 7.20. The van der Waals surface area contributed by atoms with Crippen molar-refractivity contribution in [2.45, 2.75) is 51.9 Å². The molecule has 0 bridgehead atoms. The number of hydrogen-bond donors (Lipinski definition) is 1. The number of nitrogens with zero attached hydrogens (tertiary/aromatic N) is 3. The number of piperidine rings is 1. The van der Waals surface area contributed by atoms with Crippen molar-refractivity contribution in [3.05, 3.63) is 11.7 Å². The second-order valence-corrected chi connectivity index (χ2v) is 7.46. The highest BCUT2D eigenvalue weighted by molar-refractivity contribution is 5.01. The third-order valence-electron chi connectivity index (χ3n) is 4.88. The smallest absolute Gasteiger partial charge is 0.229 e. The molecule has 118 valence electrons. The maximum Gasteiger partial charge on any atom is 0.229 e. The molecule has 2 aliphatic rings. The highest BCUT2D eigenvalue weighted by Gasteiger charge is 2.33. The van der Waals surface area contributed by atoms with Crippen molar-refractivity contribution in [1.29, 1.82) is 0 Å². The van der Waals surface area contributed by atoms with Crippen LogP contribution in [0.25, 0.3) is 0 Å². The second kappa shape index (κ2) is 6.05. The highest BCUT2D eigenvalue weighted by atomic mass is 16.5. The number of nitrogens with one attached hydrogen (secondary N) is 1. The van der Waals surface area contributed by atoms with E-state index in [0.717, 1.165) is 31.3 Å². The van der Waals surface area contributed by atoms with E-state index in [-0.39, 0.29) is 0 Å². The van der Waals surface area contributed by atoms with Crippen LogP contribution < -0.4 is 5.32 Å². The van der Waals surface area contributed by atoms with Gasteiger partial charge in [-0.05, 0) is 37.8 Å². The number of hydrogen-bond acceptors (Lipinski definition) is 5. The van der Waals surface area contributed by atoms with Crippen molar-refractivity contribution in [2.75, 3.05) is 32.7 Å². The first-order valence-corrected chi connectivity index (χ1v) is 8.32. The summed E-state index contributed by atoms with van der Waals surface area (Å²) in [6, 6.07) is 0. The van der Waals surface area contributed by atoms with Crippen LogP contribution in [0, 0.1) is 5.41 Å². The van der Waals surface area contributed by atoms with Crippen LogP contribution in [0.2, 0.25) is 0 Å². The molecule has 1 aromatic rings. The zero-order valence-electron chi connectivity index (χ0n) is 13.6. The molecule has 1 aromatic heterocycles. The summed E-state index contributed by atoms with van der Waals surface area (Å²) >= 11 is 0. The minimum atomic E-state index is 0.314. The Morgan fingerprint density at radius 1 is 1.48 bits per heavy atom. The molecule has 21 heavy (non-hydrogen) atoms. The zero-order valence-corrected chi connectivity index (χ0v) is 13.6. The van der Waals surface area contributed by atoms with E-state index in [1.807, 2.05) is 0 Å². The lowest BCUT2D eigenvalue weighted by molar-refractivity contribution is 0.138. The third kappa shape index (κ3) is 3.46. The Balaban J connectivity index is 1.62. The van der Waals surface area contributed by atoms with Gasteiger partial charge in [0.2, 0.25) is 5.89 Å². The van der Waals surface area contributed by atoms with Crippen molar-refractivity contribution in [3.63, 3.8) is 0 Å². The van der Waals surface area contributed by atoms with E-state index in [1.165, 1.54) is 32.4 Å². The molecule has 2 unspecified atom stereocenters. The quantitative estimate of drug-likeness (QED) is 0.923. The van der Waals surface area contributed by atoms with Gasteiger partial charge in [0, 0.05) is 31.5 Å². The van der Waals surface area contributed by atoms with Crippen LogP contribution in [0.4, 0.5) is 0 Å². The molecule has 2 fully saturated rings. The highest BCUT2D eigenvalue weighted by Crippen LogP contribution is 2.31. The lowest BCUT2D eigenvalue weighted by Crippen LogP contribution is -2.42. The largest absolute Gasteiger partial charge is 0.339 e. The van der Waals surface area contributed by atoms with Gasteiger partial charge in [-0.3, -0.25) is 0 Å². The van der Waals surface area contributed by atoms with Crippen molar-refractivity contribution >= 4 is 0 Å². The fraction of sp³-hybridized carbons (Fsp3) is 0.875. The average Bonchev–Trinajstić information content (AvgIpc) is 3.08. The second-order valence-electron chi connectivity index (χ2n) is 7.46. The van der Waals surface area contributed by atoms with Gasteiger partial charge >= 0.3 is 0 Å². The Bertz CT molecular complexity index is 465. The maximum atomic E-state index is 5.38. The summed E-state index contributed by atoms with van der Waals surface area (Å²) in [5.41, 5.74) is 0.433. The van der Waals surface area contributed by atoms with E-state index >= 15 is 0 Å². The van der Waals surface area contributed by atoms with Gasteiger partial charge in [-0.25, -0.2) is 0 Å². The van der Waals surface area contributed by atoms with Crippen LogP contribution in [0.15, 0.2) is 4.52 Å². The summed E-state index contributed by atoms with van der Waals surface area (Å²) in [6.45, 7) is 12.4. The first-order valence-electron chi connectivity index (χ1n) is 8.32. The first kappa shape index (κ1) is 15.0. The molecule has 5 nitrogen and oxygen atoms in total. The van der Waals surface area contributed by atoms with E-state index < -0.39 is 0 Å². The third-order valence-corrected chi connectivity index (χ3v) is 4.88. The monoisotopic (exact) mass is 292 g/mol. The molecule has 2 atom stereocenters. The van der Waals surface area contributed by atoms with Crippen LogP contribution >= 0.6 is 0 Å². The van der Waals surface area contributed by atoms with Gasteiger partial charge in [-0.1, -0.05) is 25.9 Å². The fourth-order valence-electron chi connectivity index (χ4n) is 3.60. The van der Waals surface area contributed by atoms with E-state index in [1.54, 1.807) is 0 Å². The summed E-state index contributed by atoms with van der Waals surface area (Å²) in [7, 11) is 0. The molecular weight excluding hydrogens is 264 g/mol. The molecule has 0 amide bonds. The van der Waals surface area contributed by atoms with Gasteiger partial charge < -0.3 is 14.7 Å². The van der Waals surface area contributed by atoms with Crippen LogP contribution in [-0.4, -0.2) is 47.8 Å². The van der Waals surface area contributed by atoms with Gasteiger partial charge in [-0.2, -0.15) is 4.98 Å². The fourth-order valence-corrected chi connectivity index (χ4v) is 3.60. The van der Waals surface area contributed by atoms with E-state index in [0.29, 0.717) is 17.3 Å². The Hall–Kier alpha value is -0.940. The number of likely N-dealkylation sites (tertiary alicyclic amines) is 1.